The molecule has 3 rings (SSSR count). The van der Waals surface area contributed by atoms with Crippen molar-refractivity contribution < 1.29 is 9.84 Å². The van der Waals surface area contributed by atoms with E-state index >= 15 is 0 Å². The highest BCUT2D eigenvalue weighted by molar-refractivity contribution is 4.92. The molecule has 1 N–H and O–H groups in total. The first-order valence-electron chi connectivity index (χ1n) is 7.08. The molecule has 98 valence electrons. The van der Waals surface area contributed by atoms with Crippen molar-refractivity contribution in [2.45, 2.75) is 43.9 Å². The first-order chi connectivity index (χ1) is 8.34. The van der Waals surface area contributed by atoms with E-state index in [1.165, 1.54) is 25.8 Å². The van der Waals surface area contributed by atoms with Crippen molar-refractivity contribution in [3.05, 3.63) is 0 Å². The van der Waals surface area contributed by atoms with Gasteiger partial charge in [-0.25, -0.2) is 0 Å². The summed E-state index contributed by atoms with van der Waals surface area (Å²) in [7, 11) is 0. The van der Waals surface area contributed by atoms with E-state index < -0.39 is 0 Å². The van der Waals surface area contributed by atoms with E-state index in [1.54, 1.807) is 0 Å². The average molecular weight is 240 g/mol. The summed E-state index contributed by atoms with van der Waals surface area (Å²) < 4.78 is 5.41. The van der Waals surface area contributed by atoms with Crippen LogP contribution in [0.3, 0.4) is 0 Å². The fraction of sp³-hybridized carbons (Fsp3) is 1.00. The summed E-state index contributed by atoms with van der Waals surface area (Å²) in [6.07, 6.45) is 4.59. The minimum Gasteiger partial charge on any atom is -0.391 e. The third kappa shape index (κ3) is 2.50. The third-order valence-corrected chi connectivity index (χ3v) is 4.67. The van der Waals surface area contributed by atoms with Crippen LogP contribution in [-0.4, -0.2) is 72.5 Å². The van der Waals surface area contributed by atoms with Crippen LogP contribution in [0.25, 0.3) is 0 Å². The lowest BCUT2D eigenvalue weighted by Gasteiger charge is -2.33. The van der Waals surface area contributed by atoms with Crippen molar-refractivity contribution in [2.75, 3.05) is 39.4 Å². The molecule has 0 spiro atoms. The van der Waals surface area contributed by atoms with Gasteiger partial charge in [0.25, 0.3) is 0 Å². The Hall–Kier alpha value is -0.160. The van der Waals surface area contributed by atoms with Crippen molar-refractivity contribution in [3.63, 3.8) is 0 Å². The van der Waals surface area contributed by atoms with Gasteiger partial charge in [-0.3, -0.25) is 9.80 Å². The standard InChI is InChI=1S/C13H24N2O2/c16-13-3-1-2-12(13)15-5-4-11(10-15)14-6-8-17-9-7-14/h11-13,16H,1-10H2/t11?,12-,13-/m1/s1. The Labute approximate surface area is 104 Å². The van der Waals surface area contributed by atoms with Crippen molar-refractivity contribution in [1.82, 2.24) is 9.80 Å². The lowest BCUT2D eigenvalue weighted by Crippen LogP contribution is -2.46. The number of aliphatic hydroxyl groups is 1. The van der Waals surface area contributed by atoms with Crippen LogP contribution in [0.15, 0.2) is 0 Å². The smallest absolute Gasteiger partial charge is 0.0695 e. The summed E-state index contributed by atoms with van der Waals surface area (Å²) in [5, 5.41) is 9.97. The van der Waals surface area contributed by atoms with Crippen molar-refractivity contribution >= 4 is 0 Å². The monoisotopic (exact) mass is 240 g/mol. The Morgan fingerprint density at radius 3 is 2.47 bits per heavy atom. The van der Waals surface area contributed by atoms with Gasteiger partial charge < -0.3 is 9.84 Å². The van der Waals surface area contributed by atoms with Gasteiger partial charge >= 0.3 is 0 Å². The van der Waals surface area contributed by atoms with Crippen LogP contribution in [0.4, 0.5) is 0 Å². The molecule has 1 unspecified atom stereocenters. The number of morpholine rings is 1. The maximum atomic E-state index is 9.97. The Morgan fingerprint density at radius 1 is 0.941 bits per heavy atom. The number of rotatable bonds is 2. The molecule has 0 bridgehead atoms. The highest BCUT2D eigenvalue weighted by Crippen LogP contribution is 2.28. The van der Waals surface area contributed by atoms with Crippen LogP contribution in [0.2, 0.25) is 0 Å². The lowest BCUT2D eigenvalue weighted by atomic mass is 10.2. The molecule has 0 aromatic heterocycles. The molecule has 2 saturated heterocycles. The van der Waals surface area contributed by atoms with E-state index in [4.69, 9.17) is 4.74 Å². The maximum absolute atomic E-state index is 9.97. The van der Waals surface area contributed by atoms with Gasteiger partial charge in [-0.1, -0.05) is 0 Å². The quantitative estimate of drug-likeness (QED) is 0.753. The summed E-state index contributed by atoms with van der Waals surface area (Å²) in [5.41, 5.74) is 0. The van der Waals surface area contributed by atoms with Gasteiger partial charge in [-0.05, 0) is 25.7 Å². The molecule has 4 nitrogen and oxygen atoms in total. The van der Waals surface area contributed by atoms with Crippen molar-refractivity contribution in [3.8, 4) is 0 Å². The number of hydrogen-bond acceptors (Lipinski definition) is 4. The molecule has 0 radical (unpaired) electrons. The first kappa shape index (κ1) is 11.9. The Bertz CT molecular complexity index is 256. The van der Waals surface area contributed by atoms with Gasteiger partial charge in [0.1, 0.15) is 0 Å². The van der Waals surface area contributed by atoms with Crippen molar-refractivity contribution in [1.29, 1.82) is 0 Å². The molecule has 3 fully saturated rings. The summed E-state index contributed by atoms with van der Waals surface area (Å²) in [6, 6.07) is 1.15. The molecule has 2 aliphatic heterocycles. The van der Waals surface area contributed by atoms with Crippen LogP contribution in [0.5, 0.6) is 0 Å². The van der Waals surface area contributed by atoms with E-state index in [0.717, 1.165) is 39.3 Å². The highest BCUT2D eigenvalue weighted by Gasteiger charge is 2.36. The van der Waals surface area contributed by atoms with Crippen LogP contribution in [0, 0.1) is 0 Å². The van der Waals surface area contributed by atoms with E-state index in [2.05, 4.69) is 9.80 Å². The molecule has 4 heteroatoms. The molecule has 3 atom stereocenters. The van der Waals surface area contributed by atoms with Crippen LogP contribution in [0.1, 0.15) is 25.7 Å². The fourth-order valence-electron chi connectivity index (χ4n) is 3.66. The summed E-state index contributed by atoms with van der Waals surface area (Å²) in [5.74, 6) is 0. The van der Waals surface area contributed by atoms with Gasteiger partial charge in [0.05, 0.1) is 19.3 Å². The topological polar surface area (TPSA) is 35.9 Å². The molecule has 0 amide bonds. The molecular weight excluding hydrogens is 216 g/mol. The first-order valence-corrected chi connectivity index (χ1v) is 7.08. The molecule has 1 saturated carbocycles. The zero-order chi connectivity index (χ0) is 11.7. The van der Waals surface area contributed by atoms with Gasteiger partial charge in [0.15, 0.2) is 0 Å². The molecule has 2 heterocycles. The maximum Gasteiger partial charge on any atom is 0.0695 e. The second-order valence-corrected chi connectivity index (χ2v) is 5.65. The van der Waals surface area contributed by atoms with E-state index in [-0.39, 0.29) is 6.10 Å². The fourth-order valence-corrected chi connectivity index (χ4v) is 3.66. The predicted octanol–water partition coefficient (Wildman–Crippen LogP) is 0.306. The molecule has 3 aliphatic rings. The normalized spacial score (nSPS) is 41.1. The highest BCUT2D eigenvalue weighted by atomic mass is 16.5. The van der Waals surface area contributed by atoms with Crippen molar-refractivity contribution in [2.24, 2.45) is 0 Å². The molecule has 0 aromatic rings. The van der Waals surface area contributed by atoms with Crippen LogP contribution < -0.4 is 0 Å². The largest absolute Gasteiger partial charge is 0.391 e. The van der Waals surface area contributed by atoms with E-state index in [1.807, 2.05) is 0 Å². The number of ether oxygens (including phenoxy) is 1. The second kappa shape index (κ2) is 5.22. The zero-order valence-corrected chi connectivity index (χ0v) is 10.6. The minimum absolute atomic E-state index is 0.0709. The average Bonchev–Trinajstić information content (AvgIpc) is 2.98. The van der Waals surface area contributed by atoms with Gasteiger partial charge in [0, 0.05) is 38.3 Å². The summed E-state index contributed by atoms with van der Waals surface area (Å²) >= 11 is 0. The van der Waals surface area contributed by atoms with E-state index in [9.17, 15) is 5.11 Å². The number of nitrogens with zero attached hydrogens (tertiary/aromatic N) is 2. The van der Waals surface area contributed by atoms with Crippen LogP contribution in [-0.2, 0) is 4.74 Å². The summed E-state index contributed by atoms with van der Waals surface area (Å²) in [6.45, 7) is 6.29. The zero-order valence-electron chi connectivity index (χ0n) is 10.6. The molecule has 17 heavy (non-hydrogen) atoms. The minimum atomic E-state index is -0.0709. The van der Waals surface area contributed by atoms with E-state index in [0.29, 0.717) is 12.1 Å². The summed E-state index contributed by atoms with van der Waals surface area (Å²) in [4.78, 5) is 5.10. The Kier molecular flexibility index (Phi) is 3.66. The number of likely N-dealkylation sites (tertiary alicyclic amines) is 1. The molecule has 0 aromatic carbocycles. The Balaban J connectivity index is 1.54. The van der Waals surface area contributed by atoms with Crippen LogP contribution >= 0.6 is 0 Å². The van der Waals surface area contributed by atoms with Gasteiger partial charge in [0.2, 0.25) is 0 Å². The SMILES string of the molecule is O[C@@H]1CCC[C@H]1N1CCC(N2CCOCC2)C1. The van der Waals surface area contributed by atoms with Gasteiger partial charge in [-0.15, -0.1) is 0 Å². The van der Waals surface area contributed by atoms with Gasteiger partial charge in [-0.2, -0.15) is 0 Å². The molecular formula is C13H24N2O2. The predicted molar refractivity (Wildman–Crippen MR) is 66.0 cm³/mol. The third-order valence-electron chi connectivity index (χ3n) is 4.67. The lowest BCUT2D eigenvalue weighted by molar-refractivity contribution is 0.0151. The Morgan fingerprint density at radius 2 is 1.76 bits per heavy atom. The number of hydrogen-bond donors (Lipinski definition) is 1. The number of aliphatic hydroxyl groups excluding tert-OH is 1. The molecule has 1 aliphatic carbocycles. The second-order valence-electron chi connectivity index (χ2n) is 5.65.